The Hall–Kier alpha value is -1.36. The third-order valence-electron chi connectivity index (χ3n) is 3.38. The number of carbonyl (C=O) groups excluding carboxylic acids is 1. The molecule has 0 unspecified atom stereocenters. The summed E-state index contributed by atoms with van der Waals surface area (Å²) in [5.41, 5.74) is 2.37. The van der Waals surface area contributed by atoms with E-state index in [1.54, 1.807) is 7.11 Å². The molecule has 0 fully saturated rings. The molecule has 0 saturated carbocycles. The van der Waals surface area contributed by atoms with Crippen molar-refractivity contribution >= 4 is 28.4 Å². The number of rotatable bonds is 3. The fraction of sp³-hybridized carbons (Fsp3) is 0.278. The molecular weight excluding hydrogens is 375 g/mol. The third kappa shape index (κ3) is 3.64. The Balaban J connectivity index is 2.45. The van der Waals surface area contributed by atoms with Crippen molar-refractivity contribution in [1.29, 1.82) is 0 Å². The van der Waals surface area contributed by atoms with Crippen molar-refractivity contribution in [2.75, 3.05) is 7.11 Å². The average molecular weight is 394 g/mol. The Labute approximate surface area is 139 Å². The normalized spacial score (nSPS) is 11.3. The van der Waals surface area contributed by atoms with Gasteiger partial charge in [-0.3, -0.25) is 4.79 Å². The fourth-order valence-electron chi connectivity index (χ4n) is 2.20. The first kappa shape index (κ1) is 16.0. The van der Waals surface area contributed by atoms with Crippen molar-refractivity contribution in [2.24, 2.45) is 0 Å². The van der Waals surface area contributed by atoms with E-state index in [1.807, 2.05) is 42.5 Å². The summed E-state index contributed by atoms with van der Waals surface area (Å²) in [6, 6.07) is 13.3. The van der Waals surface area contributed by atoms with Crippen LogP contribution in [0.2, 0.25) is 0 Å². The molecule has 3 heteroatoms. The largest absolute Gasteiger partial charge is 0.496 e. The van der Waals surface area contributed by atoms with Gasteiger partial charge in [0, 0.05) is 20.3 Å². The SMILES string of the molecule is COc1ccc(C(=O)c2ccc(I)cc2)cc1C(C)(C)C. The van der Waals surface area contributed by atoms with Gasteiger partial charge in [0.1, 0.15) is 5.75 Å². The van der Waals surface area contributed by atoms with Crippen LogP contribution in [-0.2, 0) is 5.41 Å². The summed E-state index contributed by atoms with van der Waals surface area (Å²) in [5, 5.41) is 0. The van der Waals surface area contributed by atoms with E-state index in [0.29, 0.717) is 11.1 Å². The quantitative estimate of drug-likeness (QED) is 0.551. The summed E-state index contributed by atoms with van der Waals surface area (Å²) in [5.74, 6) is 0.862. The minimum atomic E-state index is -0.0757. The second kappa shape index (κ2) is 6.18. The number of methoxy groups -OCH3 is 1. The molecule has 0 aliphatic rings. The van der Waals surface area contributed by atoms with Crippen LogP contribution in [-0.4, -0.2) is 12.9 Å². The third-order valence-corrected chi connectivity index (χ3v) is 4.10. The first-order chi connectivity index (χ1) is 9.82. The highest BCUT2D eigenvalue weighted by molar-refractivity contribution is 14.1. The first-order valence-corrected chi connectivity index (χ1v) is 7.89. The molecule has 110 valence electrons. The standard InChI is InChI=1S/C18H19IO2/c1-18(2,3)15-11-13(7-10-16(15)21-4)17(20)12-5-8-14(19)9-6-12/h5-11H,1-4H3. The molecule has 0 heterocycles. The molecule has 0 radical (unpaired) electrons. The number of ketones is 1. The zero-order chi connectivity index (χ0) is 15.6. The second-order valence-corrected chi connectivity index (χ2v) is 7.25. The number of hydrogen-bond acceptors (Lipinski definition) is 2. The van der Waals surface area contributed by atoms with Crippen LogP contribution in [0.1, 0.15) is 42.3 Å². The minimum absolute atomic E-state index is 0.0413. The number of ether oxygens (including phenoxy) is 1. The molecule has 0 aliphatic heterocycles. The van der Waals surface area contributed by atoms with Gasteiger partial charge >= 0.3 is 0 Å². The minimum Gasteiger partial charge on any atom is -0.496 e. The molecule has 2 rings (SSSR count). The van der Waals surface area contributed by atoms with Crippen LogP contribution in [0.5, 0.6) is 5.75 Å². The molecule has 0 aliphatic carbocycles. The fourth-order valence-corrected chi connectivity index (χ4v) is 2.56. The van der Waals surface area contributed by atoms with Crippen molar-refractivity contribution in [3.8, 4) is 5.75 Å². The van der Waals surface area contributed by atoms with E-state index in [-0.39, 0.29) is 11.2 Å². The van der Waals surface area contributed by atoms with Crippen molar-refractivity contribution in [2.45, 2.75) is 26.2 Å². The van der Waals surface area contributed by atoms with E-state index in [4.69, 9.17) is 4.74 Å². The zero-order valence-corrected chi connectivity index (χ0v) is 14.9. The van der Waals surface area contributed by atoms with Crippen molar-refractivity contribution in [3.63, 3.8) is 0 Å². The van der Waals surface area contributed by atoms with Crippen LogP contribution in [0.3, 0.4) is 0 Å². The summed E-state index contributed by atoms with van der Waals surface area (Å²) < 4.78 is 6.54. The lowest BCUT2D eigenvalue weighted by Crippen LogP contribution is -2.14. The summed E-state index contributed by atoms with van der Waals surface area (Å²) in [4.78, 5) is 12.6. The van der Waals surface area contributed by atoms with Crippen LogP contribution in [0.25, 0.3) is 0 Å². The van der Waals surface area contributed by atoms with Gasteiger partial charge in [-0.25, -0.2) is 0 Å². The maximum absolute atomic E-state index is 12.6. The monoisotopic (exact) mass is 394 g/mol. The number of benzene rings is 2. The molecule has 2 aromatic rings. The Morgan fingerprint density at radius 1 is 1.00 bits per heavy atom. The van der Waals surface area contributed by atoms with E-state index in [1.165, 1.54) is 0 Å². The molecule has 0 aromatic heterocycles. The molecule has 2 aromatic carbocycles. The van der Waals surface area contributed by atoms with Gasteiger partial charge in [0.25, 0.3) is 0 Å². The van der Waals surface area contributed by atoms with E-state index in [2.05, 4.69) is 43.4 Å². The highest BCUT2D eigenvalue weighted by atomic mass is 127. The maximum Gasteiger partial charge on any atom is 0.193 e. The molecule has 0 N–H and O–H groups in total. The molecule has 0 bridgehead atoms. The number of carbonyl (C=O) groups is 1. The molecule has 0 atom stereocenters. The summed E-state index contributed by atoms with van der Waals surface area (Å²) in [6.07, 6.45) is 0. The second-order valence-electron chi connectivity index (χ2n) is 6.00. The predicted molar refractivity (Wildman–Crippen MR) is 94.3 cm³/mol. The van der Waals surface area contributed by atoms with Crippen LogP contribution in [0.4, 0.5) is 0 Å². The van der Waals surface area contributed by atoms with E-state index in [9.17, 15) is 4.79 Å². The lowest BCUT2D eigenvalue weighted by molar-refractivity contribution is 0.103. The highest BCUT2D eigenvalue weighted by Crippen LogP contribution is 2.32. The Morgan fingerprint density at radius 3 is 2.10 bits per heavy atom. The van der Waals surface area contributed by atoms with Gasteiger partial charge in [-0.15, -0.1) is 0 Å². The highest BCUT2D eigenvalue weighted by Gasteiger charge is 2.21. The first-order valence-electron chi connectivity index (χ1n) is 6.81. The summed E-state index contributed by atoms with van der Waals surface area (Å²) >= 11 is 2.23. The van der Waals surface area contributed by atoms with Crippen LogP contribution in [0, 0.1) is 3.57 Å². The van der Waals surface area contributed by atoms with Gasteiger partial charge < -0.3 is 4.74 Å². The van der Waals surface area contributed by atoms with Gasteiger partial charge in [0.15, 0.2) is 5.78 Å². The number of halogens is 1. The van der Waals surface area contributed by atoms with E-state index >= 15 is 0 Å². The van der Waals surface area contributed by atoms with Gasteiger partial charge in [-0.2, -0.15) is 0 Å². The van der Waals surface area contributed by atoms with Crippen LogP contribution >= 0.6 is 22.6 Å². The van der Waals surface area contributed by atoms with Crippen LogP contribution < -0.4 is 4.74 Å². The molecule has 0 saturated heterocycles. The van der Waals surface area contributed by atoms with E-state index < -0.39 is 0 Å². The maximum atomic E-state index is 12.6. The van der Waals surface area contributed by atoms with Gasteiger partial charge in [0.2, 0.25) is 0 Å². The molecular formula is C18H19IO2. The summed E-state index contributed by atoms with van der Waals surface area (Å²) in [7, 11) is 1.66. The molecule has 2 nitrogen and oxygen atoms in total. The topological polar surface area (TPSA) is 26.3 Å². The zero-order valence-electron chi connectivity index (χ0n) is 12.7. The summed E-state index contributed by atoms with van der Waals surface area (Å²) in [6.45, 7) is 6.35. The van der Waals surface area contributed by atoms with E-state index in [0.717, 1.165) is 14.9 Å². The lowest BCUT2D eigenvalue weighted by atomic mass is 9.84. The Kier molecular flexibility index (Phi) is 4.71. The predicted octanol–water partition coefficient (Wildman–Crippen LogP) is 4.83. The lowest BCUT2D eigenvalue weighted by Gasteiger charge is -2.22. The molecule has 0 spiro atoms. The van der Waals surface area contributed by atoms with Gasteiger partial charge in [0.05, 0.1) is 7.11 Å². The van der Waals surface area contributed by atoms with Crippen molar-refractivity contribution < 1.29 is 9.53 Å². The van der Waals surface area contributed by atoms with Gasteiger partial charge in [-0.1, -0.05) is 20.8 Å². The van der Waals surface area contributed by atoms with Gasteiger partial charge in [-0.05, 0) is 70.5 Å². The number of hydrogen-bond donors (Lipinski definition) is 0. The van der Waals surface area contributed by atoms with Crippen LogP contribution in [0.15, 0.2) is 42.5 Å². The smallest absolute Gasteiger partial charge is 0.193 e. The van der Waals surface area contributed by atoms with Crippen molar-refractivity contribution in [3.05, 3.63) is 62.7 Å². The Morgan fingerprint density at radius 2 is 1.57 bits per heavy atom. The van der Waals surface area contributed by atoms with Crippen molar-refractivity contribution in [1.82, 2.24) is 0 Å². The Bertz CT molecular complexity index is 652. The average Bonchev–Trinajstić information content (AvgIpc) is 2.45. The molecule has 0 amide bonds. The molecule has 21 heavy (non-hydrogen) atoms.